The topological polar surface area (TPSA) is 17.1 Å². The fraction of sp³-hybridized carbons (Fsp3) is 0.300. The lowest BCUT2D eigenvalue weighted by Gasteiger charge is -2.10. The van der Waals surface area contributed by atoms with Gasteiger partial charge in [0.15, 0.2) is 5.12 Å². The molecular weight excluding hydrogens is 187 g/mol. The van der Waals surface area contributed by atoms with Crippen molar-refractivity contribution in [2.75, 3.05) is 0 Å². The quantitative estimate of drug-likeness (QED) is 0.718. The molecule has 0 atom stereocenters. The van der Waals surface area contributed by atoms with E-state index >= 15 is 0 Å². The van der Waals surface area contributed by atoms with E-state index in [-0.39, 0.29) is 10.9 Å². The number of benzene rings is 1. The fourth-order valence-electron chi connectivity index (χ4n) is 1.54. The van der Waals surface area contributed by atoms with Crippen LogP contribution in [0.25, 0.3) is 0 Å². The number of rotatable bonds is 2. The standard InChI is InChI=1S/C10H9FOS/c11-8-3-1-2-7(6-8)10(4-5-10)9(12)13/h1-3,6H,4-5H2,(H,12,13). The van der Waals surface area contributed by atoms with Crippen LogP contribution in [0.15, 0.2) is 24.3 Å². The van der Waals surface area contributed by atoms with E-state index in [0.29, 0.717) is 0 Å². The van der Waals surface area contributed by atoms with Crippen molar-refractivity contribution in [3.8, 4) is 0 Å². The zero-order valence-corrected chi connectivity index (χ0v) is 7.85. The van der Waals surface area contributed by atoms with Gasteiger partial charge in [-0.25, -0.2) is 4.39 Å². The van der Waals surface area contributed by atoms with Crippen LogP contribution in [0.3, 0.4) is 0 Å². The van der Waals surface area contributed by atoms with Crippen molar-refractivity contribution < 1.29 is 9.18 Å². The summed E-state index contributed by atoms with van der Waals surface area (Å²) in [6, 6.07) is 6.20. The minimum atomic E-state index is -0.481. The predicted molar refractivity (Wildman–Crippen MR) is 51.3 cm³/mol. The van der Waals surface area contributed by atoms with Crippen molar-refractivity contribution in [2.45, 2.75) is 18.3 Å². The summed E-state index contributed by atoms with van der Waals surface area (Å²) < 4.78 is 12.9. The Morgan fingerprint density at radius 1 is 1.46 bits per heavy atom. The molecule has 1 fully saturated rings. The lowest BCUT2D eigenvalue weighted by molar-refractivity contribution is -0.112. The van der Waals surface area contributed by atoms with Crippen molar-refractivity contribution in [2.24, 2.45) is 0 Å². The second kappa shape index (κ2) is 2.84. The monoisotopic (exact) mass is 196 g/mol. The molecule has 0 spiro atoms. The zero-order chi connectivity index (χ0) is 9.47. The normalized spacial score (nSPS) is 18.3. The summed E-state index contributed by atoms with van der Waals surface area (Å²) >= 11 is 3.83. The van der Waals surface area contributed by atoms with Crippen LogP contribution in [-0.2, 0) is 10.2 Å². The molecule has 1 aromatic carbocycles. The highest BCUT2D eigenvalue weighted by molar-refractivity contribution is 7.96. The van der Waals surface area contributed by atoms with E-state index in [1.807, 2.05) is 0 Å². The van der Waals surface area contributed by atoms with Crippen molar-refractivity contribution in [3.05, 3.63) is 35.6 Å². The second-order valence-corrected chi connectivity index (χ2v) is 3.80. The lowest BCUT2D eigenvalue weighted by atomic mass is 9.97. The van der Waals surface area contributed by atoms with Gasteiger partial charge in [-0.3, -0.25) is 4.79 Å². The molecule has 0 saturated heterocycles. The van der Waals surface area contributed by atoms with Crippen LogP contribution in [0, 0.1) is 5.82 Å². The molecular formula is C10H9FOS. The molecule has 1 aromatic rings. The van der Waals surface area contributed by atoms with E-state index < -0.39 is 5.41 Å². The minimum absolute atomic E-state index is 0.155. The van der Waals surface area contributed by atoms with Crippen LogP contribution in [0.1, 0.15) is 18.4 Å². The summed E-state index contributed by atoms with van der Waals surface area (Å²) in [5.74, 6) is -0.293. The van der Waals surface area contributed by atoms with Gasteiger partial charge in [-0.05, 0) is 30.5 Å². The maximum absolute atomic E-state index is 12.9. The molecule has 0 amide bonds. The first-order valence-corrected chi connectivity index (χ1v) is 4.59. The molecule has 0 bridgehead atoms. The van der Waals surface area contributed by atoms with Gasteiger partial charge in [0, 0.05) is 0 Å². The first-order valence-electron chi connectivity index (χ1n) is 4.15. The maximum atomic E-state index is 12.9. The van der Waals surface area contributed by atoms with Crippen molar-refractivity contribution in [1.82, 2.24) is 0 Å². The van der Waals surface area contributed by atoms with Crippen molar-refractivity contribution >= 4 is 17.7 Å². The summed E-state index contributed by atoms with van der Waals surface area (Å²) in [6.07, 6.45) is 1.58. The highest BCUT2D eigenvalue weighted by atomic mass is 32.1. The van der Waals surface area contributed by atoms with E-state index in [2.05, 4.69) is 12.6 Å². The summed E-state index contributed by atoms with van der Waals surface area (Å²) in [6.45, 7) is 0. The minimum Gasteiger partial charge on any atom is -0.286 e. The summed E-state index contributed by atoms with van der Waals surface area (Å²) in [5, 5.41) is -0.155. The van der Waals surface area contributed by atoms with E-state index in [4.69, 9.17) is 0 Å². The number of thiol groups is 1. The number of hydrogen-bond acceptors (Lipinski definition) is 1. The summed E-state index contributed by atoms with van der Waals surface area (Å²) in [7, 11) is 0. The first kappa shape index (κ1) is 8.75. The Bertz CT molecular complexity index is 358. The van der Waals surface area contributed by atoms with E-state index in [1.165, 1.54) is 12.1 Å². The predicted octanol–water partition coefficient (Wildman–Crippen LogP) is 2.31. The van der Waals surface area contributed by atoms with E-state index in [0.717, 1.165) is 18.4 Å². The smallest absolute Gasteiger partial charge is 0.196 e. The maximum Gasteiger partial charge on any atom is 0.196 e. The fourth-order valence-corrected chi connectivity index (χ4v) is 1.89. The van der Waals surface area contributed by atoms with Crippen LogP contribution in [0.2, 0.25) is 0 Å². The highest BCUT2D eigenvalue weighted by Crippen LogP contribution is 2.49. The van der Waals surface area contributed by atoms with Gasteiger partial charge in [0.2, 0.25) is 0 Å². The molecule has 13 heavy (non-hydrogen) atoms. The lowest BCUT2D eigenvalue weighted by Crippen LogP contribution is -2.14. The molecule has 1 aliphatic carbocycles. The summed E-state index contributed by atoms with van der Waals surface area (Å²) in [4.78, 5) is 11.2. The van der Waals surface area contributed by atoms with Crippen LogP contribution >= 0.6 is 12.6 Å². The zero-order valence-electron chi connectivity index (χ0n) is 6.96. The Morgan fingerprint density at radius 3 is 2.62 bits per heavy atom. The third kappa shape index (κ3) is 1.37. The molecule has 1 nitrogen and oxygen atoms in total. The Labute approximate surface area is 81.4 Å². The van der Waals surface area contributed by atoms with Crippen molar-refractivity contribution in [3.63, 3.8) is 0 Å². The molecule has 0 aliphatic heterocycles. The van der Waals surface area contributed by atoms with Gasteiger partial charge < -0.3 is 0 Å². The molecule has 1 aliphatic rings. The SMILES string of the molecule is O=C(S)C1(c2cccc(F)c2)CC1. The van der Waals surface area contributed by atoms with E-state index in [1.54, 1.807) is 12.1 Å². The van der Waals surface area contributed by atoms with Gasteiger partial charge in [0.05, 0.1) is 5.41 Å². The molecule has 0 radical (unpaired) electrons. The molecule has 0 N–H and O–H groups in total. The third-order valence-corrected chi connectivity index (χ3v) is 2.96. The third-order valence-electron chi connectivity index (χ3n) is 2.54. The van der Waals surface area contributed by atoms with Gasteiger partial charge in [-0.15, -0.1) is 12.6 Å². The Balaban J connectivity index is 2.41. The van der Waals surface area contributed by atoms with E-state index in [9.17, 15) is 9.18 Å². The number of halogens is 1. The Hall–Kier alpha value is -0.830. The Morgan fingerprint density at radius 2 is 2.15 bits per heavy atom. The largest absolute Gasteiger partial charge is 0.286 e. The average Bonchev–Trinajstić information content (AvgIpc) is 2.83. The molecule has 2 rings (SSSR count). The van der Waals surface area contributed by atoms with Gasteiger partial charge in [-0.1, -0.05) is 12.1 Å². The molecule has 0 aromatic heterocycles. The molecule has 3 heteroatoms. The summed E-state index contributed by atoms with van der Waals surface area (Å²) in [5.41, 5.74) is 0.276. The van der Waals surface area contributed by atoms with Crippen LogP contribution in [0.4, 0.5) is 4.39 Å². The highest BCUT2D eigenvalue weighted by Gasteiger charge is 2.49. The molecule has 0 unspecified atom stereocenters. The Kier molecular flexibility index (Phi) is 1.91. The van der Waals surface area contributed by atoms with Crippen LogP contribution in [0.5, 0.6) is 0 Å². The van der Waals surface area contributed by atoms with Gasteiger partial charge in [0.1, 0.15) is 5.82 Å². The molecule has 1 saturated carbocycles. The van der Waals surface area contributed by atoms with Crippen LogP contribution in [-0.4, -0.2) is 5.12 Å². The molecule has 68 valence electrons. The number of carbonyl (C=O) groups excluding carboxylic acids is 1. The van der Waals surface area contributed by atoms with Gasteiger partial charge in [0.25, 0.3) is 0 Å². The van der Waals surface area contributed by atoms with Gasteiger partial charge in [-0.2, -0.15) is 0 Å². The molecule has 0 heterocycles. The number of hydrogen-bond donors (Lipinski definition) is 1. The number of carbonyl (C=O) groups is 1. The first-order chi connectivity index (χ1) is 6.15. The van der Waals surface area contributed by atoms with Crippen LogP contribution < -0.4 is 0 Å². The second-order valence-electron chi connectivity index (χ2n) is 3.40. The average molecular weight is 196 g/mol. The van der Waals surface area contributed by atoms with Gasteiger partial charge >= 0.3 is 0 Å². The van der Waals surface area contributed by atoms with Crippen molar-refractivity contribution in [1.29, 1.82) is 0 Å².